The maximum absolute atomic E-state index is 12.8. The predicted molar refractivity (Wildman–Crippen MR) is 61.4 cm³/mol. The first-order valence-corrected chi connectivity index (χ1v) is 5.20. The Bertz CT molecular complexity index is 449. The zero-order chi connectivity index (χ0) is 12.8. The van der Waals surface area contributed by atoms with E-state index in [1.165, 1.54) is 12.1 Å². The van der Waals surface area contributed by atoms with Gasteiger partial charge in [0.15, 0.2) is 0 Å². The van der Waals surface area contributed by atoms with Crippen molar-refractivity contribution in [3.05, 3.63) is 41.5 Å². The molecule has 90 valence electrons. The number of ether oxygens (including phenoxy) is 1. The molecule has 2 nitrogen and oxygen atoms in total. The standard InChI is InChI=1S/C13H13F2NO/c1-3-17-9(2)10-5-4-6-12(13(14)15)11(10)7-8-16/h4-6,13H,2-3,7H2,1H3. The average Bonchev–Trinajstić information content (AvgIpc) is 2.29. The van der Waals surface area contributed by atoms with Crippen LogP contribution >= 0.6 is 0 Å². The number of benzene rings is 1. The molecular formula is C13H13F2NO. The number of halogens is 2. The lowest BCUT2D eigenvalue weighted by molar-refractivity contribution is 0.150. The van der Waals surface area contributed by atoms with E-state index in [0.29, 0.717) is 23.5 Å². The average molecular weight is 237 g/mol. The van der Waals surface area contributed by atoms with E-state index in [1.807, 2.05) is 6.07 Å². The molecule has 17 heavy (non-hydrogen) atoms. The fraction of sp³-hybridized carbons (Fsp3) is 0.308. The lowest BCUT2D eigenvalue weighted by Gasteiger charge is -2.14. The van der Waals surface area contributed by atoms with Gasteiger partial charge in [0, 0.05) is 11.1 Å². The molecule has 0 unspecified atom stereocenters. The summed E-state index contributed by atoms with van der Waals surface area (Å²) in [5.41, 5.74) is 0.638. The summed E-state index contributed by atoms with van der Waals surface area (Å²) in [5.74, 6) is 0.320. The number of rotatable bonds is 5. The predicted octanol–water partition coefficient (Wildman–Crippen LogP) is 3.70. The van der Waals surface area contributed by atoms with Crippen LogP contribution in [0, 0.1) is 11.3 Å². The highest BCUT2D eigenvalue weighted by Crippen LogP contribution is 2.29. The third-order valence-electron chi connectivity index (χ3n) is 2.32. The van der Waals surface area contributed by atoms with Crippen LogP contribution in [0.3, 0.4) is 0 Å². The van der Waals surface area contributed by atoms with E-state index in [9.17, 15) is 8.78 Å². The van der Waals surface area contributed by atoms with Crippen LogP contribution in [0.1, 0.15) is 30.0 Å². The first-order chi connectivity index (χ1) is 8.11. The topological polar surface area (TPSA) is 33.0 Å². The molecule has 0 amide bonds. The van der Waals surface area contributed by atoms with Gasteiger partial charge in [-0.15, -0.1) is 0 Å². The summed E-state index contributed by atoms with van der Waals surface area (Å²) in [6.45, 7) is 5.87. The molecule has 0 fully saturated rings. The normalized spacial score (nSPS) is 10.1. The minimum Gasteiger partial charge on any atom is -0.494 e. The fourth-order valence-corrected chi connectivity index (χ4v) is 1.60. The second-order valence-electron chi connectivity index (χ2n) is 3.37. The third-order valence-corrected chi connectivity index (χ3v) is 2.32. The van der Waals surface area contributed by atoms with E-state index in [4.69, 9.17) is 10.00 Å². The minimum atomic E-state index is -2.60. The number of nitriles is 1. The summed E-state index contributed by atoms with van der Waals surface area (Å²) < 4.78 is 30.8. The van der Waals surface area contributed by atoms with Gasteiger partial charge in [-0.25, -0.2) is 8.78 Å². The van der Waals surface area contributed by atoms with Crippen LogP contribution in [0.4, 0.5) is 8.78 Å². The van der Waals surface area contributed by atoms with Crippen LogP contribution in [0.15, 0.2) is 24.8 Å². The van der Waals surface area contributed by atoms with E-state index in [2.05, 4.69) is 6.58 Å². The van der Waals surface area contributed by atoms with Crippen LogP contribution < -0.4 is 0 Å². The smallest absolute Gasteiger partial charge is 0.264 e. The van der Waals surface area contributed by atoms with Crippen LogP contribution in [0.25, 0.3) is 5.76 Å². The summed E-state index contributed by atoms with van der Waals surface area (Å²) in [4.78, 5) is 0. The van der Waals surface area contributed by atoms with E-state index in [-0.39, 0.29) is 12.0 Å². The summed E-state index contributed by atoms with van der Waals surface area (Å²) in [5, 5.41) is 8.70. The lowest BCUT2D eigenvalue weighted by Crippen LogP contribution is -2.01. The molecule has 0 aliphatic heterocycles. The highest BCUT2D eigenvalue weighted by atomic mass is 19.3. The Labute approximate surface area is 99.1 Å². The Morgan fingerprint density at radius 1 is 1.53 bits per heavy atom. The van der Waals surface area contributed by atoms with Crippen molar-refractivity contribution in [1.82, 2.24) is 0 Å². The Balaban J connectivity index is 3.25. The van der Waals surface area contributed by atoms with Crippen molar-refractivity contribution in [2.24, 2.45) is 0 Å². The maximum atomic E-state index is 12.8. The summed E-state index contributed by atoms with van der Waals surface area (Å²) in [7, 11) is 0. The minimum absolute atomic E-state index is 0.0814. The number of nitrogens with zero attached hydrogens (tertiary/aromatic N) is 1. The first-order valence-electron chi connectivity index (χ1n) is 5.20. The van der Waals surface area contributed by atoms with Crippen LogP contribution in [-0.2, 0) is 11.2 Å². The molecule has 4 heteroatoms. The van der Waals surface area contributed by atoms with Crippen molar-refractivity contribution in [3.8, 4) is 6.07 Å². The van der Waals surface area contributed by atoms with Crippen molar-refractivity contribution in [3.63, 3.8) is 0 Å². The van der Waals surface area contributed by atoms with Crippen LogP contribution in [0.5, 0.6) is 0 Å². The highest BCUT2D eigenvalue weighted by Gasteiger charge is 2.17. The third kappa shape index (κ3) is 3.04. The molecule has 1 aromatic rings. The summed E-state index contributed by atoms with van der Waals surface area (Å²) in [6.07, 6.45) is -2.69. The Hall–Kier alpha value is -1.89. The Morgan fingerprint density at radius 2 is 2.24 bits per heavy atom. The van der Waals surface area contributed by atoms with Crippen molar-refractivity contribution in [1.29, 1.82) is 5.26 Å². The van der Waals surface area contributed by atoms with Gasteiger partial charge in [0.05, 0.1) is 19.1 Å². The molecule has 1 aromatic carbocycles. The molecular weight excluding hydrogens is 224 g/mol. The second-order valence-corrected chi connectivity index (χ2v) is 3.37. The van der Waals surface area contributed by atoms with Gasteiger partial charge in [-0.1, -0.05) is 24.8 Å². The molecule has 0 aliphatic carbocycles. The number of hydrogen-bond donors (Lipinski definition) is 0. The molecule has 0 saturated heterocycles. The van der Waals surface area contributed by atoms with Gasteiger partial charge >= 0.3 is 0 Å². The largest absolute Gasteiger partial charge is 0.494 e. The van der Waals surface area contributed by atoms with Gasteiger partial charge in [-0.05, 0) is 12.5 Å². The molecule has 0 atom stereocenters. The van der Waals surface area contributed by atoms with Gasteiger partial charge in [0.2, 0.25) is 0 Å². The molecule has 0 N–H and O–H groups in total. The molecule has 0 bridgehead atoms. The van der Waals surface area contributed by atoms with E-state index < -0.39 is 6.43 Å². The van der Waals surface area contributed by atoms with Crippen molar-refractivity contribution >= 4 is 5.76 Å². The van der Waals surface area contributed by atoms with E-state index in [0.717, 1.165) is 0 Å². The van der Waals surface area contributed by atoms with Gasteiger partial charge in [0.25, 0.3) is 6.43 Å². The van der Waals surface area contributed by atoms with Crippen molar-refractivity contribution < 1.29 is 13.5 Å². The van der Waals surface area contributed by atoms with E-state index >= 15 is 0 Å². The Morgan fingerprint density at radius 3 is 2.76 bits per heavy atom. The van der Waals surface area contributed by atoms with E-state index in [1.54, 1.807) is 13.0 Å². The van der Waals surface area contributed by atoms with Gasteiger partial charge < -0.3 is 4.74 Å². The van der Waals surface area contributed by atoms with Crippen molar-refractivity contribution in [2.45, 2.75) is 19.8 Å². The molecule has 0 aromatic heterocycles. The molecule has 0 spiro atoms. The summed E-state index contributed by atoms with van der Waals surface area (Å²) in [6, 6.07) is 6.36. The van der Waals surface area contributed by atoms with Crippen LogP contribution in [-0.4, -0.2) is 6.61 Å². The quantitative estimate of drug-likeness (QED) is 0.731. The molecule has 0 heterocycles. The fourth-order valence-electron chi connectivity index (χ4n) is 1.60. The number of alkyl halides is 2. The molecule has 0 radical (unpaired) electrons. The van der Waals surface area contributed by atoms with Gasteiger partial charge in [-0.3, -0.25) is 0 Å². The maximum Gasteiger partial charge on any atom is 0.264 e. The zero-order valence-electron chi connectivity index (χ0n) is 9.54. The highest BCUT2D eigenvalue weighted by molar-refractivity contribution is 5.63. The Kier molecular flexibility index (Phi) is 4.65. The molecule has 0 saturated carbocycles. The SMILES string of the molecule is C=C(OCC)c1cccc(C(F)F)c1CC#N. The zero-order valence-corrected chi connectivity index (χ0v) is 9.54. The van der Waals surface area contributed by atoms with Crippen molar-refractivity contribution in [2.75, 3.05) is 6.61 Å². The molecule has 0 aliphatic rings. The van der Waals surface area contributed by atoms with Crippen LogP contribution in [0.2, 0.25) is 0 Å². The first kappa shape index (κ1) is 13.2. The monoisotopic (exact) mass is 237 g/mol. The second kappa shape index (κ2) is 6.00. The summed E-state index contributed by atoms with van der Waals surface area (Å²) >= 11 is 0. The lowest BCUT2D eigenvalue weighted by atomic mass is 9.98. The molecule has 1 rings (SSSR count). The van der Waals surface area contributed by atoms with Gasteiger partial charge in [0.1, 0.15) is 5.76 Å². The number of hydrogen-bond acceptors (Lipinski definition) is 2. The van der Waals surface area contributed by atoms with Gasteiger partial charge in [-0.2, -0.15) is 5.26 Å².